The van der Waals surface area contributed by atoms with Crippen LogP contribution in [0.4, 0.5) is 5.69 Å². The molecule has 1 aromatic carbocycles. The first-order valence-electron chi connectivity index (χ1n) is 7.68. The van der Waals surface area contributed by atoms with Gasteiger partial charge in [0.1, 0.15) is 6.04 Å². The Bertz CT molecular complexity index is 589. The summed E-state index contributed by atoms with van der Waals surface area (Å²) < 4.78 is 0. The summed E-state index contributed by atoms with van der Waals surface area (Å²) in [5.41, 5.74) is 5.91. The van der Waals surface area contributed by atoms with Gasteiger partial charge in [0, 0.05) is 10.9 Å². The first kappa shape index (κ1) is 17.9. The topological polar surface area (TPSA) is 70.2 Å². The second-order valence-corrected chi connectivity index (χ2v) is 7.05. The third-order valence-electron chi connectivity index (χ3n) is 3.54. The average molecular weight is 358 g/mol. The number of carbonyl (C=O) groups excluding carboxylic acids is 2. The second kappa shape index (κ2) is 7.88. The third-order valence-corrected chi connectivity index (χ3v) is 4.09. The standard InChI is InChI=1S/C16H21Cl2N3O2/c1-9(2)7-14(19-15(22)10-3-4-10)16(23)21-20-13-6-5-11(17)8-12(13)18/h5-6,8-10,14,20H,3-4,7H2,1-2H3,(H,19,22)(H,21,23). The van der Waals surface area contributed by atoms with Crippen molar-refractivity contribution in [2.75, 3.05) is 5.43 Å². The average Bonchev–Trinajstić information content (AvgIpc) is 3.29. The van der Waals surface area contributed by atoms with Crippen molar-refractivity contribution in [1.82, 2.24) is 10.7 Å². The molecule has 0 spiro atoms. The second-order valence-electron chi connectivity index (χ2n) is 6.20. The molecule has 5 nitrogen and oxygen atoms in total. The highest BCUT2D eigenvalue weighted by atomic mass is 35.5. The summed E-state index contributed by atoms with van der Waals surface area (Å²) >= 11 is 11.9. The molecule has 3 N–H and O–H groups in total. The molecule has 1 aromatic rings. The molecular formula is C16H21Cl2N3O2. The summed E-state index contributed by atoms with van der Waals surface area (Å²) in [7, 11) is 0. The predicted octanol–water partition coefficient (Wildman–Crippen LogP) is 3.38. The smallest absolute Gasteiger partial charge is 0.260 e. The van der Waals surface area contributed by atoms with Crippen LogP contribution >= 0.6 is 23.2 Å². The highest BCUT2D eigenvalue weighted by Crippen LogP contribution is 2.29. The minimum absolute atomic E-state index is 0.0460. The van der Waals surface area contributed by atoms with E-state index < -0.39 is 6.04 Å². The molecule has 7 heteroatoms. The maximum absolute atomic E-state index is 12.4. The predicted molar refractivity (Wildman–Crippen MR) is 92.3 cm³/mol. The molecule has 2 amide bonds. The Hall–Kier alpha value is -1.46. The number of nitrogens with one attached hydrogen (secondary N) is 3. The van der Waals surface area contributed by atoms with Gasteiger partial charge in [-0.05, 0) is 43.4 Å². The molecular weight excluding hydrogens is 337 g/mol. The van der Waals surface area contributed by atoms with Crippen LogP contribution in [-0.4, -0.2) is 17.9 Å². The fourth-order valence-corrected chi connectivity index (χ4v) is 2.60. The molecule has 1 aliphatic rings. The Morgan fingerprint density at radius 3 is 2.52 bits per heavy atom. The molecule has 126 valence electrons. The van der Waals surface area contributed by atoms with Crippen LogP contribution < -0.4 is 16.2 Å². The van der Waals surface area contributed by atoms with E-state index in [0.29, 0.717) is 22.2 Å². The van der Waals surface area contributed by atoms with Gasteiger partial charge in [0.15, 0.2) is 0 Å². The molecule has 1 fully saturated rings. The van der Waals surface area contributed by atoms with Crippen molar-refractivity contribution in [2.24, 2.45) is 11.8 Å². The SMILES string of the molecule is CC(C)CC(NC(=O)C1CC1)C(=O)NNc1ccc(Cl)cc1Cl. The van der Waals surface area contributed by atoms with Gasteiger partial charge in [-0.2, -0.15) is 0 Å². The highest BCUT2D eigenvalue weighted by Gasteiger charge is 2.32. The van der Waals surface area contributed by atoms with Crippen LogP contribution in [0.2, 0.25) is 10.0 Å². The zero-order chi connectivity index (χ0) is 17.0. The Morgan fingerprint density at radius 1 is 1.26 bits per heavy atom. The fraction of sp³-hybridized carbons (Fsp3) is 0.500. The van der Waals surface area contributed by atoms with Gasteiger partial charge < -0.3 is 5.32 Å². The summed E-state index contributed by atoms with van der Waals surface area (Å²) in [6.07, 6.45) is 2.38. The molecule has 1 atom stereocenters. The van der Waals surface area contributed by atoms with Crippen molar-refractivity contribution in [2.45, 2.75) is 39.2 Å². The lowest BCUT2D eigenvalue weighted by molar-refractivity contribution is -0.129. The van der Waals surface area contributed by atoms with Crippen LogP contribution in [0.1, 0.15) is 33.1 Å². The number of hydrogen-bond acceptors (Lipinski definition) is 3. The quantitative estimate of drug-likeness (QED) is 0.655. The minimum Gasteiger partial charge on any atom is -0.344 e. The zero-order valence-electron chi connectivity index (χ0n) is 13.2. The number of benzene rings is 1. The van der Waals surface area contributed by atoms with E-state index in [1.807, 2.05) is 13.8 Å². The van der Waals surface area contributed by atoms with Crippen LogP contribution in [0.5, 0.6) is 0 Å². The van der Waals surface area contributed by atoms with Crippen LogP contribution in [-0.2, 0) is 9.59 Å². The van der Waals surface area contributed by atoms with Gasteiger partial charge in [-0.3, -0.25) is 20.4 Å². The third kappa shape index (κ3) is 5.59. The van der Waals surface area contributed by atoms with Crippen molar-refractivity contribution in [1.29, 1.82) is 0 Å². The lowest BCUT2D eigenvalue weighted by Crippen LogP contribution is -2.49. The van der Waals surface area contributed by atoms with Gasteiger partial charge in [0.05, 0.1) is 10.7 Å². The van der Waals surface area contributed by atoms with Crippen molar-refractivity contribution in [3.05, 3.63) is 28.2 Å². The Balaban J connectivity index is 1.94. The number of amides is 2. The van der Waals surface area contributed by atoms with Crippen molar-refractivity contribution < 1.29 is 9.59 Å². The van der Waals surface area contributed by atoms with Gasteiger partial charge >= 0.3 is 0 Å². The van der Waals surface area contributed by atoms with E-state index in [9.17, 15) is 9.59 Å². The first-order chi connectivity index (χ1) is 10.9. The molecule has 23 heavy (non-hydrogen) atoms. The monoisotopic (exact) mass is 357 g/mol. The summed E-state index contributed by atoms with van der Waals surface area (Å²) in [5.74, 6) is 0.00884. The van der Waals surface area contributed by atoms with Crippen molar-refractivity contribution in [3.63, 3.8) is 0 Å². The number of hydrogen-bond donors (Lipinski definition) is 3. The van der Waals surface area contributed by atoms with Gasteiger partial charge in [-0.15, -0.1) is 0 Å². The van der Waals surface area contributed by atoms with E-state index >= 15 is 0 Å². The van der Waals surface area contributed by atoms with Gasteiger partial charge in [0.2, 0.25) is 5.91 Å². The fourth-order valence-electron chi connectivity index (χ4n) is 2.14. The molecule has 0 saturated heterocycles. The zero-order valence-corrected chi connectivity index (χ0v) is 14.7. The molecule has 0 aliphatic heterocycles. The van der Waals surface area contributed by atoms with Gasteiger partial charge in [0.25, 0.3) is 5.91 Å². The lowest BCUT2D eigenvalue weighted by atomic mass is 10.0. The summed E-state index contributed by atoms with van der Waals surface area (Å²) in [4.78, 5) is 24.3. The maximum Gasteiger partial charge on any atom is 0.260 e. The van der Waals surface area contributed by atoms with E-state index in [1.165, 1.54) is 0 Å². The van der Waals surface area contributed by atoms with E-state index in [-0.39, 0.29) is 23.7 Å². The van der Waals surface area contributed by atoms with Crippen LogP contribution in [0.25, 0.3) is 0 Å². The van der Waals surface area contributed by atoms with Crippen molar-refractivity contribution >= 4 is 40.7 Å². The molecule has 0 heterocycles. The number of carbonyl (C=O) groups is 2. The van der Waals surface area contributed by atoms with Crippen LogP contribution in [0, 0.1) is 11.8 Å². The number of halogens is 2. The molecule has 2 rings (SSSR count). The van der Waals surface area contributed by atoms with Crippen LogP contribution in [0.3, 0.4) is 0 Å². The lowest BCUT2D eigenvalue weighted by Gasteiger charge is -2.21. The van der Waals surface area contributed by atoms with E-state index in [1.54, 1.807) is 18.2 Å². The van der Waals surface area contributed by atoms with Gasteiger partial charge in [-0.25, -0.2) is 0 Å². The highest BCUT2D eigenvalue weighted by molar-refractivity contribution is 6.36. The number of anilines is 1. The molecule has 1 saturated carbocycles. The normalized spacial score (nSPS) is 15.2. The molecule has 0 bridgehead atoms. The maximum atomic E-state index is 12.4. The van der Waals surface area contributed by atoms with E-state index in [0.717, 1.165) is 12.8 Å². The molecule has 1 unspecified atom stereocenters. The van der Waals surface area contributed by atoms with E-state index in [4.69, 9.17) is 23.2 Å². The van der Waals surface area contributed by atoms with Crippen molar-refractivity contribution in [3.8, 4) is 0 Å². The molecule has 0 radical (unpaired) electrons. The molecule has 0 aromatic heterocycles. The largest absolute Gasteiger partial charge is 0.344 e. The van der Waals surface area contributed by atoms with Gasteiger partial charge in [-0.1, -0.05) is 37.0 Å². The summed E-state index contributed by atoms with van der Waals surface area (Å²) in [6.45, 7) is 4.01. The summed E-state index contributed by atoms with van der Waals surface area (Å²) in [6, 6.07) is 4.35. The van der Waals surface area contributed by atoms with E-state index in [2.05, 4.69) is 16.2 Å². The Morgan fingerprint density at radius 2 is 1.96 bits per heavy atom. The van der Waals surface area contributed by atoms with Crippen LogP contribution in [0.15, 0.2) is 18.2 Å². The minimum atomic E-state index is -0.568. The number of hydrazine groups is 1. The Labute approximate surface area is 146 Å². The summed E-state index contributed by atoms with van der Waals surface area (Å²) in [5, 5.41) is 3.74. The Kier molecular flexibility index (Phi) is 6.13. The number of rotatable bonds is 7. The molecule has 1 aliphatic carbocycles. The first-order valence-corrected chi connectivity index (χ1v) is 8.43.